The van der Waals surface area contributed by atoms with Crippen molar-refractivity contribution >= 4 is 33.5 Å². The highest BCUT2D eigenvalue weighted by atomic mass is 32.2. The van der Waals surface area contributed by atoms with E-state index in [-0.39, 0.29) is 27.2 Å². The van der Waals surface area contributed by atoms with E-state index in [0.717, 1.165) is 43.5 Å². The second-order valence-electron chi connectivity index (χ2n) is 13.7. The molecule has 8 nitrogen and oxygen atoms in total. The van der Waals surface area contributed by atoms with Gasteiger partial charge >= 0.3 is 0 Å². The van der Waals surface area contributed by atoms with Crippen molar-refractivity contribution in [1.29, 1.82) is 0 Å². The summed E-state index contributed by atoms with van der Waals surface area (Å²) in [6.45, 7) is 11.9. The molecule has 2 aliphatic carbocycles. The number of hydrogen-bond donors (Lipinski definition) is 3. The molecule has 4 aromatic rings. The van der Waals surface area contributed by atoms with Crippen LogP contribution in [0.3, 0.4) is 0 Å². The fourth-order valence-corrected chi connectivity index (χ4v) is 8.10. The third-order valence-corrected chi connectivity index (χ3v) is 11.0. The van der Waals surface area contributed by atoms with Crippen LogP contribution in [0.1, 0.15) is 81.4 Å². The second-order valence-corrected chi connectivity index (χ2v) is 15.7. The standard InChI is InChI=1S/C33H38N6O2S/c1-31(2,3)42(41)38-27-21-11-7-6-10-20(21)18-33(27)14-16-39(17-15-33)30-34-28-25(29(40)35-30)26(36-37-28)23-19-32(4,5)24-13-9-8-12-22(23)24/h6-13,19,27,38H,14-18H2,1-5H3,(H2,34,35,36,37,40)/t27-,42?/m1/s1. The molecule has 0 bridgehead atoms. The number of anilines is 1. The van der Waals surface area contributed by atoms with E-state index >= 15 is 0 Å². The van der Waals surface area contributed by atoms with Gasteiger partial charge < -0.3 is 4.90 Å². The molecule has 1 aliphatic heterocycles. The fraction of sp³-hybridized carbons (Fsp3) is 0.424. The molecule has 3 heterocycles. The van der Waals surface area contributed by atoms with Crippen LogP contribution >= 0.6 is 0 Å². The number of fused-ring (bicyclic) bond motifs is 3. The molecular weight excluding hydrogens is 544 g/mol. The Morgan fingerprint density at radius 3 is 2.52 bits per heavy atom. The third-order valence-electron chi connectivity index (χ3n) is 9.46. The number of allylic oxidation sites excluding steroid dienone is 1. The summed E-state index contributed by atoms with van der Waals surface area (Å²) in [6.07, 6.45) is 4.95. The number of aromatic nitrogens is 4. The van der Waals surface area contributed by atoms with Gasteiger partial charge in [0.15, 0.2) is 5.65 Å². The molecule has 0 radical (unpaired) electrons. The van der Waals surface area contributed by atoms with E-state index in [4.69, 9.17) is 4.98 Å². The Morgan fingerprint density at radius 2 is 1.76 bits per heavy atom. The lowest BCUT2D eigenvalue weighted by Crippen LogP contribution is -2.48. The maximum atomic E-state index is 13.6. The van der Waals surface area contributed by atoms with Gasteiger partial charge in [0, 0.05) is 24.1 Å². The number of rotatable bonds is 4. The van der Waals surface area contributed by atoms with E-state index in [0.29, 0.717) is 22.7 Å². The lowest BCUT2D eigenvalue weighted by Gasteiger charge is -2.44. The highest BCUT2D eigenvalue weighted by molar-refractivity contribution is 7.84. The Balaban J connectivity index is 1.17. The van der Waals surface area contributed by atoms with Gasteiger partial charge in [-0.1, -0.05) is 68.5 Å². The summed E-state index contributed by atoms with van der Waals surface area (Å²) in [7, 11) is -1.18. The third kappa shape index (κ3) is 4.28. The summed E-state index contributed by atoms with van der Waals surface area (Å²) in [4.78, 5) is 23.6. The van der Waals surface area contributed by atoms with E-state index in [1.165, 1.54) is 16.7 Å². The van der Waals surface area contributed by atoms with Crippen LogP contribution in [0, 0.1) is 5.41 Å². The molecular formula is C33H38N6O2S. The van der Waals surface area contributed by atoms with Crippen molar-refractivity contribution in [3.05, 3.63) is 92.9 Å². The Bertz CT molecular complexity index is 1820. The molecule has 218 valence electrons. The SMILES string of the molecule is CC1(C)C=C(c2[nH]nc3nc(N4CCC5(CC4)Cc4ccccc4[C@H]5NS(=O)C(C)(C)C)[nH]c(=O)c23)c2ccccc21. The maximum absolute atomic E-state index is 13.6. The summed E-state index contributed by atoms with van der Waals surface area (Å²) in [5.74, 6) is 0.555. The topological polar surface area (TPSA) is 107 Å². The Hall–Kier alpha value is -3.56. The maximum Gasteiger partial charge on any atom is 0.264 e. The number of aromatic amines is 2. The lowest BCUT2D eigenvalue weighted by atomic mass is 9.73. The first kappa shape index (κ1) is 27.3. The smallest absolute Gasteiger partial charge is 0.264 e. The molecule has 3 N–H and O–H groups in total. The number of benzene rings is 2. The largest absolute Gasteiger partial charge is 0.342 e. The van der Waals surface area contributed by atoms with Crippen molar-refractivity contribution in [3.63, 3.8) is 0 Å². The minimum Gasteiger partial charge on any atom is -0.342 e. The molecule has 7 rings (SSSR count). The minimum atomic E-state index is -1.18. The van der Waals surface area contributed by atoms with Crippen molar-refractivity contribution < 1.29 is 4.21 Å². The first-order chi connectivity index (χ1) is 20.0. The van der Waals surface area contributed by atoms with Crippen molar-refractivity contribution in [2.45, 2.75) is 70.1 Å². The molecule has 42 heavy (non-hydrogen) atoms. The van der Waals surface area contributed by atoms with Crippen molar-refractivity contribution in [2.24, 2.45) is 5.41 Å². The van der Waals surface area contributed by atoms with E-state index in [1.54, 1.807) is 0 Å². The zero-order chi connectivity index (χ0) is 29.4. The van der Waals surface area contributed by atoms with Crippen molar-refractivity contribution in [3.8, 4) is 0 Å². The van der Waals surface area contributed by atoms with Crippen LogP contribution in [0.25, 0.3) is 16.6 Å². The Labute approximate surface area is 248 Å². The fourth-order valence-electron chi connectivity index (χ4n) is 7.16. The van der Waals surface area contributed by atoms with Crippen LogP contribution < -0.4 is 15.2 Å². The van der Waals surface area contributed by atoms with E-state index < -0.39 is 11.0 Å². The predicted molar refractivity (Wildman–Crippen MR) is 169 cm³/mol. The molecule has 0 amide bonds. The van der Waals surface area contributed by atoms with E-state index in [9.17, 15) is 9.00 Å². The van der Waals surface area contributed by atoms with Crippen LogP contribution in [0.15, 0.2) is 59.4 Å². The van der Waals surface area contributed by atoms with Crippen LogP contribution in [0.4, 0.5) is 5.95 Å². The van der Waals surface area contributed by atoms with Crippen molar-refractivity contribution in [2.75, 3.05) is 18.0 Å². The first-order valence-corrected chi connectivity index (χ1v) is 15.9. The van der Waals surface area contributed by atoms with Gasteiger partial charge in [-0.05, 0) is 67.7 Å². The molecule has 1 spiro atoms. The molecule has 1 fully saturated rings. The summed E-state index contributed by atoms with van der Waals surface area (Å²) in [6, 6.07) is 16.9. The zero-order valence-corrected chi connectivity index (χ0v) is 25.7. The quantitative estimate of drug-likeness (QED) is 0.303. The van der Waals surface area contributed by atoms with E-state index in [1.807, 2.05) is 26.8 Å². The van der Waals surface area contributed by atoms with Gasteiger partial charge in [-0.3, -0.25) is 14.9 Å². The minimum absolute atomic E-state index is 0.0195. The predicted octanol–water partition coefficient (Wildman–Crippen LogP) is 5.30. The monoisotopic (exact) mass is 582 g/mol. The highest BCUT2D eigenvalue weighted by Gasteiger charge is 2.49. The average molecular weight is 583 g/mol. The highest BCUT2D eigenvalue weighted by Crippen LogP contribution is 2.52. The van der Waals surface area contributed by atoms with Crippen LogP contribution in [0.2, 0.25) is 0 Å². The van der Waals surface area contributed by atoms with Crippen LogP contribution in [-0.4, -0.2) is 42.2 Å². The van der Waals surface area contributed by atoms with Gasteiger partial charge in [0.2, 0.25) is 5.95 Å². The van der Waals surface area contributed by atoms with Gasteiger partial charge in [-0.25, -0.2) is 8.93 Å². The summed E-state index contributed by atoms with van der Waals surface area (Å²) in [5.41, 5.74) is 6.71. The number of piperidine rings is 1. The lowest BCUT2D eigenvalue weighted by molar-refractivity contribution is 0.177. The molecule has 2 atom stereocenters. The molecule has 0 saturated carbocycles. The number of H-pyrrole nitrogens is 2. The van der Waals surface area contributed by atoms with Gasteiger partial charge in [-0.2, -0.15) is 10.1 Å². The first-order valence-electron chi connectivity index (χ1n) is 14.8. The summed E-state index contributed by atoms with van der Waals surface area (Å²) < 4.78 is 16.4. The molecule has 2 aromatic carbocycles. The Kier molecular flexibility index (Phi) is 6.15. The van der Waals surface area contributed by atoms with Crippen LogP contribution in [0.5, 0.6) is 0 Å². The van der Waals surface area contributed by atoms with Gasteiger partial charge in [-0.15, -0.1) is 0 Å². The molecule has 1 unspecified atom stereocenters. The van der Waals surface area contributed by atoms with Gasteiger partial charge in [0.25, 0.3) is 5.56 Å². The van der Waals surface area contributed by atoms with Gasteiger partial charge in [0.1, 0.15) is 5.39 Å². The summed E-state index contributed by atoms with van der Waals surface area (Å²) in [5, 5.41) is 8.13. The molecule has 1 saturated heterocycles. The molecule has 9 heteroatoms. The summed E-state index contributed by atoms with van der Waals surface area (Å²) >= 11 is 0. The van der Waals surface area contributed by atoms with E-state index in [2.05, 4.69) is 87.2 Å². The molecule has 2 aromatic heterocycles. The average Bonchev–Trinajstić information content (AvgIpc) is 3.59. The Morgan fingerprint density at radius 1 is 1.05 bits per heavy atom. The normalized spacial score (nSPS) is 21.4. The number of hydrogen-bond acceptors (Lipinski definition) is 5. The number of nitrogens with one attached hydrogen (secondary N) is 3. The van der Waals surface area contributed by atoms with Crippen LogP contribution in [-0.2, 0) is 22.8 Å². The van der Waals surface area contributed by atoms with Gasteiger partial charge in [0.05, 0.1) is 27.5 Å². The zero-order valence-electron chi connectivity index (χ0n) is 24.9. The van der Waals surface area contributed by atoms with Crippen molar-refractivity contribution in [1.82, 2.24) is 24.9 Å². The second kappa shape index (κ2) is 9.47. The number of nitrogens with zero attached hydrogens (tertiary/aromatic N) is 3. The molecule has 3 aliphatic rings.